The van der Waals surface area contributed by atoms with Gasteiger partial charge in [0.2, 0.25) is 0 Å². The zero-order valence-electron chi connectivity index (χ0n) is 7.49. The van der Waals surface area contributed by atoms with Gasteiger partial charge in [-0.3, -0.25) is 0 Å². The first-order chi connectivity index (χ1) is 6.34. The zero-order chi connectivity index (χ0) is 9.10. The summed E-state index contributed by atoms with van der Waals surface area (Å²) in [7, 11) is 0. The van der Waals surface area contributed by atoms with Crippen molar-refractivity contribution in [3.05, 3.63) is 24.3 Å². The topological polar surface area (TPSA) is 47.3 Å². The van der Waals surface area contributed by atoms with E-state index >= 15 is 0 Å². The van der Waals surface area contributed by atoms with E-state index < -0.39 is 0 Å². The molecule has 0 saturated carbocycles. The van der Waals surface area contributed by atoms with E-state index in [9.17, 15) is 0 Å². The third-order valence-corrected chi connectivity index (χ3v) is 2.18. The van der Waals surface area contributed by atoms with Crippen LogP contribution in [0.3, 0.4) is 0 Å². The largest absolute Gasteiger partial charge is 0.489 e. The standard InChI is InChI=1S/C10H14N2O/c11-8-2-1-3-9(6-8)13-10-4-5-12-7-10/h1-3,6,10,12H,4-5,7,11H2/t10-/m0/s1. The Balaban J connectivity index is 2.00. The number of anilines is 1. The van der Waals surface area contributed by atoms with Crippen molar-refractivity contribution in [1.29, 1.82) is 0 Å². The van der Waals surface area contributed by atoms with Crippen LogP contribution in [-0.2, 0) is 0 Å². The lowest BCUT2D eigenvalue weighted by Gasteiger charge is -2.12. The second-order valence-electron chi connectivity index (χ2n) is 3.31. The highest BCUT2D eigenvalue weighted by Crippen LogP contribution is 2.17. The molecule has 1 aliphatic heterocycles. The molecule has 0 aliphatic carbocycles. The van der Waals surface area contributed by atoms with Gasteiger partial charge in [0.05, 0.1) is 0 Å². The van der Waals surface area contributed by atoms with Crippen molar-refractivity contribution >= 4 is 5.69 Å². The number of nitrogen functional groups attached to an aromatic ring is 1. The van der Waals surface area contributed by atoms with Crippen molar-refractivity contribution < 1.29 is 4.74 Å². The molecular weight excluding hydrogens is 164 g/mol. The van der Waals surface area contributed by atoms with Crippen molar-refractivity contribution in [3.8, 4) is 5.75 Å². The number of hydrogen-bond donors (Lipinski definition) is 2. The molecule has 1 heterocycles. The zero-order valence-corrected chi connectivity index (χ0v) is 7.49. The Labute approximate surface area is 77.9 Å². The maximum absolute atomic E-state index is 5.71. The molecule has 1 aromatic carbocycles. The Hall–Kier alpha value is -1.22. The molecule has 0 amide bonds. The molecule has 0 aromatic heterocycles. The van der Waals surface area contributed by atoms with E-state index in [2.05, 4.69) is 5.32 Å². The molecule has 1 aromatic rings. The number of nitrogens with one attached hydrogen (secondary N) is 1. The van der Waals surface area contributed by atoms with E-state index in [1.54, 1.807) is 0 Å². The molecule has 1 atom stereocenters. The summed E-state index contributed by atoms with van der Waals surface area (Å²) in [6, 6.07) is 7.57. The number of rotatable bonds is 2. The van der Waals surface area contributed by atoms with Gasteiger partial charge in [-0.1, -0.05) is 6.07 Å². The fraction of sp³-hybridized carbons (Fsp3) is 0.400. The van der Waals surface area contributed by atoms with Crippen LogP contribution < -0.4 is 15.8 Å². The van der Waals surface area contributed by atoms with Crippen LogP contribution in [0.15, 0.2) is 24.3 Å². The van der Waals surface area contributed by atoms with Crippen molar-refractivity contribution in [2.75, 3.05) is 18.8 Å². The fourth-order valence-corrected chi connectivity index (χ4v) is 1.51. The van der Waals surface area contributed by atoms with Crippen molar-refractivity contribution in [2.24, 2.45) is 0 Å². The van der Waals surface area contributed by atoms with Crippen LogP contribution >= 0.6 is 0 Å². The maximum atomic E-state index is 5.71. The SMILES string of the molecule is Nc1cccc(O[C@H]2CCNC2)c1. The van der Waals surface area contributed by atoms with Gasteiger partial charge in [0, 0.05) is 18.3 Å². The summed E-state index contributed by atoms with van der Waals surface area (Å²) >= 11 is 0. The summed E-state index contributed by atoms with van der Waals surface area (Å²) < 4.78 is 5.71. The van der Waals surface area contributed by atoms with Gasteiger partial charge in [-0.15, -0.1) is 0 Å². The highest BCUT2D eigenvalue weighted by Gasteiger charge is 2.15. The van der Waals surface area contributed by atoms with Gasteiger partial charge in [-0.2, -0.15) is 0 Å². The Morgan fingerprint density at radius 3 is 3.08 bits per heavy atom. The molecule has 0 unspecified atom stereocenters. The van der Waals surface area contributed by atoms with Gasteiger partial charge in [0.15, 0.2) is 0 Å². The number of benzene rings is 1. The molecule has 3 nitrogen and oxygen atoms in total. The summed E-state index contributed by atoms with van der Waals surface area (Å²) in [5, 5.41) is 3.25. The second-order valence-corrected chi connectivity index (χ2v) is 3.31. The van der Waals surface area contributed by atoms with Gasteiger partial charge in [0.25, 0.3) is 0 Å². The third kappa shape index (κ3) is 2.12. The molecule has 3 heteroatoms. The van der Waals surface area contributed by atoms with Crippen LogP contribution in [0.2, 0.25) is 0 Å². The van der Waals surface area contributed by atoms with Crippen LogP contribution in [-0.4, -0.2) is 19.2 Å². The minimum atomic E-state index is 0.307. The van der Waals surface area contributed by atoms with Crippen molar-refractivity contribution in [2.45, 2.75) is 12.5 Å². The first kappa shape index (κ1) is 8.38. The van der Waals surface area contributed by atoms with E-state index in [1.165, 1.54) is 0 Å². The average molecular weight is 178 g/mol. The molecule has 1 fully saturated rings. The van der Waals surface area contributed by atoms with Gasteiger partial charge < -0.3 is 15.8 Å². The third-order valence-electron chi connectivity index (χ3n) is 2.18. The first-order valence-corrected chi connectivity index (χ1v) is 4.57. The van der Waals surface area contributed by atoms with Gasteiger partial charge in [-0.05, 0) is 25.1 Å². The quantitative estimate of drug-likeness (QED) is 0.664. The fourth-order valence-electron chi connectivity index (χ4n) is 1.51. The van der Waals surface area contributed by atoms with Crippen molar-refractivity contribution in [1.82, 2.24) is 5.32 Å². The number of hydrogen-bond acceptors (Lipinski definition) is 3. The summed E-state index contributed by atoms with van der Waals surface area (Å²) in [4.78, 5) is 0. The Bertz CT molecular complexity index is 282. The van der Waals surface area contributed by atoms with Gasteiger partial charge in [0.1, 0.15) is 11.9 Å². The second kappa shape index (κ2) is 3.66. The summed E-state index contributed by atoms with van der Waals surface area (Å²) in [6.07, 6.45) is 1.39. The minimum Gasteiger partial charge on any atom is -0.489 e. The Morgan fingerprint density at radius 2 is 2.38 bits per heavy atom. The average Bonchev–Trinajstić information content (AvgIpc) is 2.57. The molecule has 1 aliphatic rings. The molecule has 3 N–H and O–H groups in total. The molecule has 70 valence electrons. The van der Waals surface area contributed by atoms with E-state index in [1.807, 2.05) is 24.3 Å². The molecule has 13 heavy (non-hydrogen) atoms. The van der Waals surface area contributed by atoms with Crippen molar-refractivity contribution in [3.63, 3.8) is 0 Å². The lowest BCUT2D eigenvalue weighted by molar-refractivity contribution is 0.223. The molecular formula is C10H14N2O. The lowest BCUT2D eigenvalue weighted by Crippen LogP contribution is -2.19. The van der Waals surface area contributed by atoms with Gasteiger partial charge in [-0.25, -0.2) is 0 Å². The van der Waals surface area contributed by atoms with E-state index in [0.717, 1.165) is 30.9 Å². The number of nitrogens with two attached hydrogens (primary N) is 1. The minimum absolute atomic E-state index is 0.307. The van der Waals surface area contributed by atoms with E-state index in [-0.39, 0.29) is 0 Å². The summed E-state index contributed by atoms with van der Waals surface area (Å²) in [5.41, 5.74) is 6.39. The highest BCUT2D eigenvalue weighted by atomic mass is 16.5. The molecule has 2 rings (SSSR count). The molecule has 0 radical (unpaired) electrons. The Morgan fingerprint density at radius 1 is 1.46 bits per heavy atom. The molecule has 0 bridgehead atoms. The normalized spacial score (nSPS) is 21.7. The van der Waals surface area contributed by atoms with Crippen LogP contribution in [0.4, 0.5) is 5.69 Å². The van der Waals surface area contributed by atoms with Crippen LogP contribution in [0, 0.1) is 0 Å². The highest BCUT2D eigenvalue weighted by molar-refractivity contribution is 5.43. The first-order valence-electron chi connectivity index (χ1n) is 4.57. The molecule has 1 saturated heterocycles. The predicted molar refractivity (Wildman–Crippen MR) is 52.8 cm³/mol. The summed E-state index contributed by atoms with van der Waals surface area (Å²) in [5.74, 6) is 0.869. The van der Waals surface area contributed by atoms with Crippen LogP contribution in [0.5, 0.6) is 5.75 Å². The lowest BCUT2D eigenvalue weighted by atomic mass is 10.3. The molecule has 0 spiro atoms. The Kier molecular flexibility index (Phi) is 2.36. The van der Waals surface area contributed by atoms with Crippen LogP contribution in [0.25, 0.3) is 0 Å². The van der Waals surface area contributed by atoms with E-state index in [4.69, 9.17) is 10.5 Å². The van der Waals surface area contributed by atoms with E-state index in [0.29, 0.717) is 6.10 Å². The monoisotopic (exact) mass is 178 g/mol. The maximum Gasteiger partial charge on any atom is 0.121 e. The predicted octanol–water partition coefficient (Wildman–Crippen LogP) is 1.01. The summed E-state index contributed by atoms with van der Waals surface area (Å²) in [6.45, 7) is 1.99. The number of ether oxygens (including phenoxy) is 1. The van der Waals surface area contributed by atoms with Crippen LogP contribution in [0.1, 0.15) is 6.42 Å². The van der Waals surface area contributed by atoms with Gasteiger partial charge >= 0.3 is 0 Å². The smallest absolute Gasteiger partial charge is 0.121 e.